The van der Waals surface area contributed by atoms with E-state index in [-0.39, 0.29) is 41.9 Å². The fraction of sp³-hybridized carbons (Fsp3) is 0.500. The Labute approximate surface area is 65.5 Å². The molecule has 0 saturated heterocycles. The predicted octanol–water partition coefficient (Wildman–Crippen LogP) is -0.265. The van der Waals surface area contributed by atoms with Crippen molar-refractivity contribution in [2.75, 3.05) is 7.11 Å². The van der Waals surface area contributed by atoms with Crippen LogP contribution in [0, 0.1) is 6.92 Å². The number of rotatable bonds is 1. The molecular weight excluding hydrogens is 103 g/mol. The summed E-state index contributed by atoms with van der Waals surface area (Å²) >= 11 is 0. The third kappa shape index (κ3) is 6.47. The average molecular weight is 111 g/mol. The van der Waals surface area contributed by atoms with E-state index in [1.807, 2.05) is 0 Å². The second-order valence-electron chi connectivity index (χ2n) is 0.826. The fourth-order valence-electron chi connectivity index (χ4n) is 0.102. The Kier molecular flexibility index (Phi) is 9.66. The summed E-state index contributed by atoms with van der Waals surface area (Å²) < 4.78 is 4.20. The molecule has 0 aliphatic rings. The molecule has 1 radical (unpaired) electrons. The van der Waals surface area contributed by atoms with Gasteiger partial charge in [-0.1, -0.05) is 0 Å². The van der Waals surface area contributed by atoms with E-state index in [4.69, 9.17) is 0 Å². The van der Waals surface area contributed by atoms with Crippen LogP contribution in [-0.4, -0.2) is 42.6 Å². The molecule has 0 saturated carbocycles. The molecule has 0 amide bonds. The first-order valence-corrected chi connectivity index (χ1v) is 1.67. The van der Waals surface area contributed by atoms with E-state index >= 15 is 0 Å². The zero-order valence-corrected chi connectivity index (χ0v) is 3.73. The first kappa shape index (κ1) is 10.5. The number of hydrogen-bond donors (Lipinski definition) is 0. The summed E-state index contributed by atoms with van der Waals surface area (Å²) in [5.74, 6) is -0.269. The molecule has 0 bridgehead atoms. The van der Waals surface area contributed by atoms with Crippen LogP contribution in [0.15, 0.2) is 0 Å². The van der Waals surface area contributed by atoms with Gasteiger partial charge in [0.2, 0.25) is 0 Å². The van der Waals surface area contributed by atoms with Crippen LogP contribution in [0.4, 0.5) is 0 Å². The van der Waals surface area contributed by atoms with Crippen molar-refractivity contribution in [2.24, 2.45) is 0 Å². The van der Waals surface area contributed by atoms with Crippen molar-refractivity contribution in [3.8, 4) is 0 Å². The summed E-state index contributed by atoms with van der Waals surface area (Å²) in [6, 6.07) is 0. The van der Waals surface area contributed by atoms with Gasteiger partial charge in [-0.3, -0.25) is 4.79 Å². The molecule has 0 fully saturated rings. The van der Waals surface area contributed by atoms with Gasteiger partial charge in [0.05, 0.1) is 7.11 Å². The van der Waals surface area contributed by atoms with E-state index in [2.05, 4.69) is 11.7 Å². The minimum absolute atomic E-state index is 0. The van der Waals surface area contributed by atoms with Crippen molar-refractivity contribution < 1.29 is 9.53 Å². The van der Waals surface area contributed by atoms with E-state index in [9.17, 15) is 4.79 Å². The van der Waals surface area contributed by atoms with Gasteiger partial charge in [0.15, 0.2) is 0 Å². The number of esters is 1. The molecule has 0 spiro atoms. The van der Waals surface area contributed by atoms with Crippen LogP contribution in [0.3, 0.4) is 0 Å². The van der Waals surface area contributed by atoms with Gasteiger partial charge in [-0.15, -0.1) is 0 Å². The van der Waals surface area contributed by atoms with E-state index in [1.54, 1.807) is 0 Å². The van der Waals surface area contributed by atoms with Crippen LogP contribution in [0.25, 0.3) is 0 Å². The van der Waals surface area contributed by atoms with E-state index < -0.39 is 0 Å². The summed E-state index contributed by atoms with van der Waals surface area (Å²) in [4.78, 5) is 9.90. The topological polar surface area (TPSA) is 26.3 Å². The van der Waals surface area contributed by atoms with E-state index in [1.165, 1.54) is 7.11 Å². The average Bonchev–Trinajstić information content (AvgIpc) is 1.65. The zero-order chi connectivity index (χ0) is 4.99. The Morgan fingerprint density at radius 1 is 1.86 bits per heavy atom. The van der Waals surface area contributed by atoms with Gasteiger partial charge in [0.1, 0.15) is 0 Å². The van der Waals surface area contributed by atoms with Crippen molar-refractivity contribution in [1.29, 1.82) is 0 Å². The van der Waals surface area contributed by atoms with Gasteiger partial charge in [-0.2, -0.15) is 0 Å². The van der Waals surface area contributed by atoms with E-state index in [0.29, 0.717) is 0 Å². The summed E-state index contributed by atoms with van der Waals surface area (Å²) in [5, 5.41) is 0. The van der Waals surface area contributed by atoms with Crippen molar-refractivity contribution >= 4 is 35.5 Å². The third-order valence-electron chi connectivity index (χ3n) is 0.432. The summed E-state index contributed by atoms with van der Waals surface area (Å²) in [7, 11) is 1.34. The molecule has 37 valence electrons. The zero-order valence-electron chi connectivity index (χ0n) is 3.73. The maximum absolute atomic E-state index is 9.90. The first-order valence-electron chi connectivity index (χ1n) is 1.67. The second-order valence-corrected chi connectivity index (χ2v) is 0.826. The third-order valence-corrected chi connectivity index (χ3v) is 0.432. The molecule has 0 aromatic carbocycles. The van der Waals surface area contributed by atoms with Crippen LogP contribution in [0.2, 0.25) is 0 Å². The molecule has 3 heteroatoms. The van der Waals surface area contributed by atoms with Crippen LogP contribution in [0.1, 0.15) is 6.42 Å². The van der Waals surface area contributed by atoms with Crippen molar-refractivity contribution in [3.63, 3.8) is 0 Å². The van der Waals surface area contributed by atoms with Crippen LogP contribution >= 0.6 is 0 Å². The van der Waals surface area contributed by atoms with Crippen molar-refractivity contribution in [2.45, 2.75) is 6.42 Å². The Bertz CT molecular complexity index is 47.7. The first-order chi connectivity index (χ1) is 2.81. The van der Waals surface area contributed by atoms with Crippen molar-refractivity contribution in [3.05, 3.63) is 6.92 Å². The molecule has 0 aliphatic heterocycles. The number of ether oxygens (including phenoxy) is 1. The maximum atomic E-state index is 9.90. The molecular formula is C4H8NaO2. The van der Waals surface area contributed by atoms with Gasteiger partial charge >= 0.3 is 35.5 Å². The van der Waals surface area contributed by atoms with Gasteiger partial charge in [0.25, 0.3) is 0 Å². The minimum atomic E-state index is -0.269. The Balaban J connectivity index is 0. The molecule has 0 aromatic rings. The fourth-order valence-corrected chi connectivity index (χ4v) is 0.102. The predicted molar refractivity (Wildman–Crippen MR) is 29.1 cm³/mol. The van der Waals surface area contributed by atoms with Crippen LogP contribution in [0.5, 0.6) is 0 Å². The van der Waals surface area contributed by atoms with Gasteiger partial charge in [-0.25, -0.2) is 0 Å². The number of carbonyl (C=O) groups excluding carboxylic acids is 1. The van der Waals surface area contributed by atoms with Crippen molar-refractivity contribution in [1.82, 2.24) is 0 Å². The number of hydrogen-bond acceptors (Lipinski definition) is 2. The normalized spacial score (nSPS) is 6.57. The van der Waals surface area contributed by atoms with Gasteiger partial charge in [-0.05, 0) is 6.92 Å². The molecule has 0 rings (SSSR count). The molecule has 2 nitrogen and oxygen atoms in total. The molecule has 0 heterocycles. The van der Waals surface area contributed by atoms with Gasteiger partial charge in [0, 0.05) is 6.42 Å². The number of methoxy groups -OCH3 is 1. The summed E-state index contributed by atoms with van der Waals surface area (Å²) in [6.45, 7) is 3.28. The Hall–Kier alpha value is 0.470. The molecule has 0 aromatic heterocycles. The van der Waals surface area contributed by atoms with E-state index in [0.717, 1.165) is 0 Å². The number of carbonyl (C=O) groups is 1. The van der Waals surface area contributed by atoms with Gasteiger partial charge < -0.3 is 4.74 Å². The standard InChI is InChI=1S/C4H7O2.Na.H/c1-3-4(5)6-2;;/h1,3H2,2H3;;. The Morgan fingerprint density at radius 2 is 2.29 bits per heavy atom. The monoisotopic (exact) mass is 111 g/mol. The van der Waals surface area contributed by atoms with Crippen LogP contribution in [-0.2, 0) is 9.53 Å². The molecule has 0 N–H and O–H groups in total. The quantitative estimate of drug-likeness (QED) is 0.344. The summed E-state index contributed by atoms with van der Waals surface area (Å²) in [6.07, 6.45) is 0.219. The molecule has 0 atom stereocenters. The summed E-state index contributed by atoms with van der Waals surface area (Å²) in [5.41, 5.74) is 0. The second kappa shape index (κ2) is 6.47. The Morgan fingerprint density at radius 3 is 2.29 bits per heavy atom. The molecule has 0 aliphatic carbocycles. The SMILES string of the molecule is [CH2]CC(=O)OC.[NaH]. The van der Waals surface area contributed by atoms with Crippen LogP contribution < -0.4 is 0 Å². The molecule has 7 heavy (non-hydrogen) atoms. The molecule has 0 unspecified atom stereocenters.